The molecule has 120 valence electrons. The molecule has 0 aliphatic rings. The first-order valence-corrected chi connectivity index (χ1v) is 9.33. The maximum Gasteiger partial charge on any atom is 0.224 e. The van der Waals surface area contributed by atoms with Gasteiger partial charge in [0.25, 0.3) is 0 Å². The molecule has 3 heterocycles. The number of rotatable bonds is 6. The predicted molar refractivity (Wildman–Crippen MR) is 96.0 cm³/mol. The van der Waals surface area contributed by atoms with Crippen molar-refractivity contribution in [3.63, 3.8) is 0 Å². The summed E-state index contributed by atoms with van der Waals surface area (Å²) in [6.45, 7) is 5.40. The molecule has 0 aromatic carbocycles. The highest BCUT2D eigenvalue weighted by Crippen LogP contribution is 2.30. The van der Waals surface area contributed by atoms with Gasteiger partial charge in [-0.05, 0) is 47.7 Å². The third kappa shape index (κ3) is 3.71. The number of aryl methyl sites for hydroxylation is 1. The number of thiophene rings is 2. The van der Waals surface area contributed by atoms with Crippen molar-refractivity contribution in [1.29, 1.82) is 0 Å². The lowest BCUT2D eigenvalue weighted by Gasteiger charge is -2.07. The Labute approximate surface area is 143 Å². The van der Waals surface area contributed by atoms with Crippen LogP contribution in [0.2, 0.25) is 0 Å². The van der Waals surface area contributed by atoms with Crippen molar-refractivity contribution in [2.75, 3.05) is 6.54 Å². The Balaban J connectivity index is 1.59. The maximum absolute atomic E-state index is 11.9. The summed E-state index contributed by atoms with van der Waals surface area (Å²) in [7, 11) is 0. The van der Waals surface area contributed by atoms with Crippen molar-refractivity contribution in [2.24, 2.45) is 0 Å². The van der Waals surface area contributed by atoms with Crippen LogP contribution in [-0.4, -0.2) is 22.2 Å². The Morgan fingerprint density at radius 1 is 1.30 bits per heavy atom. The van der Waals surface area contributed by atoms with Crippen LogP contribution in [-0.2, 0) is 17.8 Å². The molecule has 0 radical (unpaired) electrons. The zero-order valence-electron chi connectivity index (χ0n) is 13.2. The Kier molecular flexibility index (Phi) is 4.93. The molecule has 3 aromatic rings. The average molecular weight is 345 g/mol. The summed E-state index contributed by atoms with van der Waals surface area (Å²) in [5, 5.41) is 13.7. The number of carbonyl (C=O) groups excluding carboxylic acids is 1. The second kappa shape index (κ2) is 7.10. The third-order valence-electron chi connectivity index (χ3n) is 3.74. The molecule has 0 atom stereocenters. The Morgan fingerprint density at radius 3 is 2.87 bits per heavy atom. The van der Waals surface area contributed by atoms with Gasteiger partial charge < -0.3 is 5.32 Å². The molecule has 0 fully saturated rings. The van der Waals surface area contributed by atoms with E-state index in [1.54, 1.807) is 22.7 Å². The molecule has 4 nitrogen and oxygen atoms in total. The van der Waals surface area contributed by atoms with Crippen LogP contribution in [0.4, 0.5) is 0 Å². The molecule has 0 saturated carbocycles. The van der Waals surface area contributed by atoms with Gasteiger partial charge in [0.05, 0.1) is 18.7 Å². The van der Waals surface area contributed by atoms with Crippen LogP contribution >= 0.6 is 22.7 Å². The van der Waals surface area contributed by atoms with Crippen LogP contribution in [0.5, 0.6) is 0 Å². The van der Waals surface area contributed by atoms with Gasteiger partial charge in [-0.3, -0.25) is 9.48 Å². The smallest absolute Gasteiger partial charge is 0.224 e. The third-order valence-corrected chi connectivity index (χ3v) is 5.36. The van der Waals surface area contributed by atoms with Gasteiger partial charge in [0.15, 0.2) is 0 Å². The van der Waals surface area contributed by atoms with Crippen molar-refractivity contribution >= 4 is 28.6 Å². The second-order valence-corrected chi connectivity index (χ2v) is 7.13. The lowest BCUT2D eigenvalue weighted by atomic mass is 10.1. The molecule has 0 bridgehead atoms. The van der Waals surface area contributed by atoms with E-state index in [4.69, 9.17) is 0 Å². The number of hydrogen-bond donors (Lipinski definition) is 1. The van der Waals surface area contributed by atoms with Gasteiger partial charge in [0.2, 0.25) is 5.91 Å². The zero-order chi connectivity index (χ0) is 16.2. The number of nitrogens with zero attached hydrogens (tertiary/aromatic N) is 2. The van der Waals surface area contributed by atoms with Crippen LogP contribution in [0.3, 0.4) is 0 Å². The summed E-state index contributed by atoms with van der Waals surface area (Å²) in [5.74, 6) is 0.0587. The minimum Gasteiger partial charge on any atom is -0.354 e. The first-order valence-electron chi connectivity index (χ1n) is 7.51. The quantitative estimate of drug-likeness (QED) is 0.741. The SMILES string of the molecule is Cc1nn(CCNC(=O)Cc2ccsc2)c(C)c1-c1cccs1. The molecule has 1 amide bonds. The normalized spacial score (nSPS) is 10.9. The van der Waals surface area contributed by atoms with E-state index in [9.17, 15) is 4.79 Å². The first kappa shape index (κ1) is 16.0. The molecule has 0 aliphatic heterocycles. The molecule has 0 saturated heterocycles. The highest BCUT2D eigenvalue weighted by Gasteiger charge is 2.14. The average Bonchev–Trinajstić information content (AvgIpc) is 3.23. The highest BCUT2D eigenvalue weighted by atomic mass is 32.1. The minimum absolute atomic E-state index is 0.0587. The predicted octanol–water partition coefficient (Wildman–Crippen LogP) is 3.65. The van der Waals surface area contributed by atoms with E-state index in [2.05, 4.69) is 34.9 Å². The first-order chi connectivity index (χ1) is 11.1. The maximum atomic E-state index is 11.9. The molecule has 0 unspecified atom stereocenters. The Hall–Kier alpha value is -1.92. The van der Waals surface area contributed by atoms with E-state index >= 15 is 0 Å². The van der Waals surface area contributed by atoms with E-state index in [0.29, 0.717) is 19.5 Å². The van der Waals surface area contributed by atoms with E-state index in [-0.39, 0.29) is 5.91 Å². The standard InChI is InChI=1S/C17H19N3OS2/c1-12-17(15-4-3-8-23-15)13(2)20(19-12)7-6-18-16(21)10-14-5-9-22-11-14/h3-5,8-9,11H,6-7,10H2,1-2H3,(H,18,21). The minimum atomic E-state index is 0.0587. The zero-order valence-corrected chi connectivity index (χ0v) is 14.8. The number of hydrogen-bond acceptors (Lipinski definition) is 4. The van der Waals surface area contributed by atoms with Crippen LogP contribution in [0, 0.1) is 13.8 Å². The van der Waals surface area contributed by atoms with Gasteiger partial charge in [0.1, 0.15) is 0 Å². The van der Waals surface area contributed by atoms with Crippen LogP contribution in [0.1, 0.15) is 17.0 Å². The van der Waals surface area contributed by atoms with E-state index < -0.39 is 0 Å². The van der Waals surface area contributed by atoms with Gasteiger partial charge in [-0.25, -0.2) is 0 Å². The topological polar surface area (TPSA) is 46.9 Å². The van der Waals surface area contributed by atoms with Crippen molar-refractivity contribution in [1.82, 2.24) is 15.1 Å². The van der Waals surface area contributed by atoms with E-state index in [1.807, 2.05) is 28.4 Å². The molecule has 6 heteroatoms. The fourth-order valence-corrected chi connectivity index (χ4v) is 4.18. The molecule has 0 aliphatic carbocycles. The molecule has 0 spiro atoms. The molecule has 3 rings (SSSR count). The summed E-state index contributed by atoms with van der Waals surface area (Å²) >= 11 is 3.34. The summed E-state index contributed by atoms with van der Waals surface area (Å²) < 4.78 is 1.98. The Morgan fingerprint density at radius 2 is 2.17 bits per heavy atom. The van der Waals surface area contributed by atoms with Gasteiger partial charge in [-0.1, -0.05) is 6.07 Å². The summed E-state index contributed by atoms with van der Waals surface area (Å²) in [5.41, 5.74) is 4.47. The van der Waals surface area contributed by atoms with Crippen LogP contribution < -0.4 is 5.32 Å². The molecular weight excluding hydrogens is 326 g/mol. The number of carbonyl (C=O) groups is 1. The molecule has 23 heavy (non-hydrogen) atoms. The highest BCUT2D eigenvalue weighted by molar-refractivity contribution is 7.13. The summed E-state index contributed by atoms with van der Waals surface area (Å²) in [4.78, 5) is 13.2. The fourth-order valence-electron chi connectivity index (χ4n) is 2.63. The molecule has 1 N–H and O–H groups in total. The second-order valence-electron chi connectivity index (χ2n) is 5.40. The van der Waals surface area contributed by atoms with E-state index in [0.717, 1.165) is 17.0 Å². The van der Waals surface area contributed by atoms with Crippen molar-refractivity contribution in [3.05, 3.63) is 51.3 Å². The lowest BCUT2D eigenvalue weighted by molar-refractivity contribution is -0.120. The Bertz CT molecular complexity index is 773. The van der Waals surface area contributed by atoms with E-state index in [1.165, 1.54) is 10.4 Å². The number of nitrogens with one attached hydrogen (secondary N) is 1. The molecular formula is C17H19N3OS2. The van der Waals surface area contributed by atoms with Crippen molar-refractivity contribution < 1.29 is 4.79 Å². The summed E-state index contributed by atoms with van der Waals surface area (Å²) in [6, 6.07) is 6.16. The van der Waals surface area contributed by atoms with Crippen LogP contribution in [0.15, 0.2) is 34.3 Å². The van der Waals surface area contributed by atoms with Gasteiger partial charge in [0, 0.05) is 22.7 Å². The van der Waals surface area contributed by atoms with Gasteiger partial charge >= 0.3 is 0 Å². The monoisotopic (exact) mass is 345 g/mol. The summed E-state index contributed by atoms with van der Waals surface area (Å²) in [6.07, 6.45) is 0.445. The largest absolute Gasteiger partial charge is 0.354 e. The number of amides is 1. The fraction of sp³-hybridized carbons (Fsp3) is 0.294. The van der Waals surface area contributed by atoms with Crippen molar-refractivity contribution in [2.45, 2.75) is 26.8 Å². The molecule has 3 aromatic heterocycles. The van der Waals surface area contributed by atoms with Gasteiger partial charge in [-0.15, -0.1) is 11.3 Å². The van der Waals surface area contributed by atoms with Gasteiger partial charge in [-0.2, -0.15) is 16.4 Å². The lowest BCUT2D eigenvalue weighted by Crippen LogP contribution is -2.29. The van der Waals surface area contributed by atoms with Crippen molar-refractivity contribution in [3.8, 4) is 10.4 Å². The number of aromatic nitrogens is 2. The van der Waals surface area contributed by atoms with Crippen LogP contribution in [0.25, 0.3) is 10.4 Å².